The maximum atomic E-state index is 11.8. The maximum absolute atomic E-state index is 11.8. The summed E-state index contributed by atoms with van der Waals surface area (Å²) >= 11 is 0. The SMILES string of the molecule is Cc1cccc(NC(=O)NCc2ccc(CO)cc2)c1. The fourth-order valence-electron chi connectivity index (χ4n) is 1.84. The van der Waals surface area contributed by atoms with Crippen LogP contribution in [0.3, 0.4) is 0 Å². The molecule has 0 atom stereocenters. The number of urea groups is 1. The van der Waals surface area contributed by atoms with Gasteiger partial charge in [0, 0.05) is 12.2 Å². The molecule has 0 saturated heterocycles. The van der Waals surface area contributed by atoms with Crippen LogP contribution in [0.25, 0.3) is 0 Å². The summed E-state index contributed by atoms with van der Waals surface area (Å²) in [5, 5.41) is 14.5. The molecule has 0 bridgehead atoms. The van der Waals surface area contributed by atoms with Gasteiger partial charge in [0.05, 0.1) is 6.61 Å². The number of amides is 2. The van der Waals surface area contributed by atoms with Gasteiger partial charge in [-0.25, -0.2) is 4.79 Å². The monoisotopic (exact) mass is 270 g/mol. The molecule has 0 fully saturated rings. The third-order valence-electron chi connectivity index (χ3n) is 2.93. The molecule has 2 aromatic rings. The number of nitrogens with one attached hydrogen (secondary N) is 2. The van der Waals surface area contributed by atoms with E-state index in [9.17, 15) is 4.79 Å². The number of aryl methyl sites for hydroxylation is 1. The molecule has 4 nitrogen and oxygen atoms in total. The molecule has 104 valence electrons. The fraction of sp³-hybridized carbons (Fsp3) is 0.188. The lowest BCUT2D eigenvalue weighted by molar-refractivity contribution is 0.251. The molecule has 3 N–H and O–H groups in total. The number of benzene rings is 2. The molecule has 0 saturated carbocycles. The first-order valence-electron chi connectivity index (χ1n) is 6.47. The van der Waals surface area contributed by atoms with E-state index in [1.165, 1.54) is 0 Å². The number of hydrogen-bond acceptors (Lipinski definition) is 2. The topological polar surface area (TPSA) is 61.4 Å². The Kier molecular flexibility index (Phi) is 4.74. The van der Waals surface area contributed by atoms with E-state index in [0.717, 1.165) is 22.4 Å². The molecule has 0 radical (unpaired) electrons. The van der Waals surface area contributed by atoms with E-state index >= 15 is 0 Å². The normalized spacial score (nSPS) is 10.1. The summed E-state index contributed by atoms with van der Waals surface area (Å²) in [6.45, 7) is 2.46. The summed E-state index contributed by atoms with van der Waals surface area (Å²) in [4.78, 5) is 11.8. The summed E-state index contributed by atoms with van der Waals surface area (Å²) in [5.74, 6) is 0. The minimum Gasteiger partial charge on any atom is -0.392 e. The van der Waals surface area contributed by atoms with E-state index in [1.807, 2.05) is 55.5 Å². The predicted molar refractivity (Wildman–Crippen MR) is 79.4 cm³/mol. The summed E-state index contributed by atoms with van der Waals surface area (Å²) in [5.41, 5.74) is 3.72. The Morgan fingerprint density at radius 3 is 2.45 bits per heavy atom. The Morgan fingerprint density at radius 2 is 1.80 bits per heavy atom. The van der Waals surface area contributed by atoms with E-state index in [0.29, 0.717) is 6.54 Å². The molecule has 4 heteroatoms. The Morgan fingerprint density at radius 1 is 1.10 bits per heavy atom. The van der Waals surface area contributed by atoms with E-state index in [4.69, 9.17) is 5.11 Å². The van der Waals surface area contributed by atoms with E-state index in [2.05, 4.69) is 10.6 Å². The zero-order chi connectivity index (χ0) is 14.4. The standard InChI is InChI=1S/C16H18N2O2/c1-12-3-2-4-15(9-12)18-16(20)17-10-13-5-7-14(11-19)8-6-13/h2-9,19H,10-11H2,1H3,(H2,17,18,20). The highest BCUT2D eigenvalue weighted by molar-refractivity contribution is 5.89. The van der Waals surface area contributed by atoms with Crippen molar-refractivity contribution in [3.63, 3.8) is 0 Å². The van der Waals surface area contributed by atoms with E-state index in [1.54, 1.807) is 0 Å². The molecule has 2 rings (SSSR count). The highest BCUT2D eigenvalue weighted by Gasteiger charge is 2.02. The lowest BCUT2D eigenvalue weighted by Crippen LogP contribution is -2.28. The van der Waals surface area contributed by atoms with Crippen molar-refractivity contribution in [2.75, 3.05) is 5.32 Å². The summed E-state index contributed by atoms with van der Waals surface area (Å²) in [7, 11) is 0. The first-order chi connectivity index (χ1) is 9.67. The van der Waals surface area contributed by atoms with Gasteiger partial charge in [0.2, 0.25) is 0 Å². The van der Waals surface area contributed by atoms with Crippen molar-refractivity contribution >= 4 is 11.7 Å². The third-order valence-corrected chi connectivity index (χ3v) is 2.93. The van der Waals surface area contributed by atoms with Crippen LogP contribution >= 0.6 is 0 Å². The van der Waals surface area contributed by atoms with Gasteiger partial charge in [-0.2, -0.15) is 0 Å². The van der Waals surface area contributed by atoms with Crippen LogP contribution in [0.1, 0.15) is 16.7 Å². The summed E-state index contributed by atoms with van der Waals surface area (Å²) < 4.78 is 0. The van der Waals surface area contributed by atoms with Crippen LogP contribution in [0.15, 0.2) is 48.5 Å². The van der Waals surface area contributed by atoms with Gasteiger partial charge < -0.3 is 15.7 Å². The smallest absolute Gasteiger partial charge is 0.319 e. The van der Waals surface area contributed by atoms with Gasteiger partial charge in [0.1, 0.15) is 0 Å². The number of carbonyl (C=O) groups excluding carboxylic acids is 1. The minimum atomic E-state index is -0.234. The van der Waals surface area contributed by atoms with Crippen LogP contribution in [0.2, 0.25) is 0 Å². The maximum Gasteiger partial charge on any atom is 0.319 e. The third kappa shape index (κ3) is 4.10. The molecule has 2 aromatic carbocycles. The Bertz CT molecular complexity index is 579. The second-order valence-electron chi connectivity index (χ2n) is 4.65. The molecule has 0 aromatic heterocycles. The molecule has 0 heterocycles. The largest absolute Gasteiger partial charge is 0.392 e. The molecular formula is C16H18N2O2. The van der Waals surface area contributed by atoms with Crippen LogP contribution in [0.5, 0.6) is 0 Å². The lowest BCUT2D eigenvalue weighted by atomic mass is 10.1. The average molecular weight is 270 g/mol. The number of aliphatic hydroxyl groups excluding tert-OH is 1. The fourth-order valence-corrected chi connectivity index (χ4v) is 1.84. The van der Waals surface area contributed by atoms with Gasteiger partial charge in [-0.3, -0.25) is 0 Å². The quantitative estimate of drug-likeness (QED) is 0.800. The first-order valence-corrected chi connectivity index (χ1v) is 6.47. The van der Waals surface area contributed by atoms with Gasteiger partial charge in [-0.15, -0.1) is 0 Å². The first kappa shape index (κ1) is 14.1. The van der Waals surface area contributed by atoms with Crippen LogP contribution in [-0.4, -0.2) is 11.1 Å². The van der Waals surface area contributed by atoms with Crippen molar-refractivity contribution in [3.05, 3.63) is 65.2 Å². The highest BCUT2D eigenvalue weighted by atomic mass is 16.3. The zero-order valence-corrected chi connectivity index (χ0v) is 11.4. The molecule has 20 heavy (non-hydrogen) atoms. The highest BCUT2D eigenvalue weighted by Crippen LogP contribution is 2.09. The van der Waals surface area contributed by atoms with Gasteiger partial charge in [0.15, 0.2) is 0 Å². The number of aliphatic hydroxyl groups is 1. The van der Waals surface area contributed by atoms with Crippen molar-refractivity contribution in [1.82, 2.24) is 5.32 Å². The van der Waals surface area contributed by atoms with Crippen molar-refractivity contribution < 1.29 is 9.90 Å². The number of carbonyl (C=O) groups is 1. The Labute approximate surface area is 118 Å². The number of anilines is 1. The van der Waals surface area contributed by atoms with Crippen molar-refractivity contribution in [2.24, 2.45) is 0 Å². The van der Waals surface area contributed by atoms with Gasteiger partial charge in [-0.1, -0.05) is 36.4 Å². The van der Waals surface area contributed by atoms with E-state index in [-0.39, 0.29) is 12.6 Å². The van der Waals surface area contributed by atoms with Gasteiger partial charge in [-0.05, 0) is 35.7 Å². The van der Waals surface area contributed by atoms with Crippen molar-refractivity contribution in [3.8, 4) is 0 Å². The van der Waals surface area contributed by atoms with Gasteiger partial charge in [0.25, 0.3) is 0 Å². The summed E-state index contributed by atoms with van der Waals surface area (Å²) in [6, 6.07) is 14.9. The van der Waals surface area contributed by atoms with Crippen molar-refractivity contribution in [1.29, 1.82) is 0 Å². The minimum absolute atomic E-state index is 0.0293. The van der Waals surface area contributed by atoms with Gasteiger partial charge >= 0.3 is 6.03 Å². The molecule has 0 spiro atoms. The lowest BCUT2D eigenvalue weighted by Gasteiger charge is -2.08. The molecular weight excluding hydrogens is 252 g/mol. The number of rotatable bonds is 4. The van der Waals surface area contributed by atoms with E-state index < -0.39 is 0 Å². The molecule has 0 aliphatic heterocycles. The van der Waals surface area contributed by atoms with Crippen LogP contribution in [-0.2, 0) is 13.2 Å². The molecule has 2 amide bonds. The second-order valence-corrected chi connectivity index (χ2v) is 4.65. The van der Waals surface area contributed by atoms with Crippen molar-refractivity contribution in [2.45, 2.75) is 20.1 Å². The zero-order valence-electron chi connectivity index (χ0n) is 11.4. The molecule has 0 aliphatic carbocycles. The van der Waals surface area contributed by atoms with Crippen LogP contribution in [0, 0.1) is 6.92 Å². The van der Waals surface area contributed by atoms with Crippen LogP contribution in [0.4, 0.5) is 10.5 Å². The second kappa shape index (κ2) is 6.73. The molecule has 0 aliphatic rings. The number of hydrogen-bond donors (Lipinski definition) is 3. The Balaban J connectivity index is 1.85. The van der Waals surface area contributed by atoms with Crippen LogP contribution < -0.4 is 10.6 Å². The Hall–Kier alpha value is -2.33. The molecule has 0 unspecified atom stereocenters. The average Bonchev–Trinajstić information content (AvgIpc) is 2.46. The summed E-state index contributed by atoms with van der Waals surface area (Å²) in [6.07, 6.45) is 0. The predicted octanol–water partition coefficient (Wildman–Crippen LogP) is 2.81.